The number of likely N-dealkylation sites (tertiary alicyclic amines) is 1. The number of amides is 2. The molecular weight excluding hydrogens is 352 g/mol. The minimum Gasteiger partial charge on any atom is -0.496 e. The number of piperidine rings is 1. The number of carbonyl (C=O) groups is 2. The number of hydrogen-bond donors (Lipinski definition) is 1. The molecule has 0 bridgehead atoms. The normalized spacial score (nSPS) is 16.5. The first-order chi connectivity index (χ1) is 13.5. The Morgan fingerprint density at radius 3 is 2.57 bits per heavy atom. The van der Waals surface area contributed by atoms with Crippen LogP contribution in [0.5, 0.6) is 5.75 Å². The first-order valence-electron chi connectivity index (χ1n) is 9.75. The molecule has 5 nitrogen and oxygen atoms in total. The van der Waals surface area contributed by atoms with Crippen LogP contribution < -0.4 is 10.1 Å². The quantitative estimate of drug-likeness (QED) is 0.864. The summed E-state index contributed by atoms with van der Waals surface area (Å²) in [5.41, 5.74) is 3.79. The van der Waals surface area contributed by atoms with Gasteiger partial charge in [-0.1, -0.05) is 35.4 Å². The van der Waals surface area contributed by atoms with Crippen LogP contribution in [0.4, 0.5) is 0 Å². The van der Waals surface area contributed by atoms with Crippen molar-refractivity contribution in [1.82, 2.24) is 10.2 Å². The van der Waals surface area contributed by atoms with Crippen molar-refractivity contribution in [3.8, 4) is 5.75 Å². The minimum atomic E-state index is -0.182. The summed E-state index contributed by atoms with van der Waals surface area (Å²) in [6.07, 6.45) is 1.64. The van der Waals surface area contributed by atoms with E-state index in [2.05, 4.69) is 11.4 Å². The van der Waals surface area contributed by atoms with Crippen molar-refractivity contribution >= 4 is 11.8 Å². The molecule has 1 saturated heterocycles. The molecule has 1 heterocycles. The number of rotatable bonds is 5. The topological polar surface area (TPSA) is 58.6 Å². The monoisotopic (exact) mass is 380 g/mol. The van der Waals surface area contributed by atoms with E-state index in [9.17, 15) is 9.59 Å². The van der Waals surface area contributed by atoms with Gasteiger partial charge >= 0.3 is 0 Å². The fourth-order valence-corrected chi connectivity index (χ4v) is 3.83. The molecule has 0 spiro atoms. The van der Waals surface area contributed by atoms with Crippen LogP contribution in [0.25, 0.3) is 0 Å². The van der Waals surface area contributed by atoms with E-state index >= 15 is 0 Å². The van der Waals surface area contributed by atoms with Gasteiger partial charge in [0.1, 0.15) is 5.75 Å². The Kier molecular flexibility index (Phi) is 6.34. The van der Waals surface area contributed by atoms with Gasteiger partial charge in [0.25, 0.3) is 5.91 Å². The maximum absolute atomic E-state index is 12.9. The predicted octanol–water partition coefficient (Wildman–Crippen LogP) is 3.48. The minimum absolute atomic E-state index is 0.00836. The summed E-state index contributed by atoms with van der Waals surface area (Å²) >= 11 is 0. The number of ether oxygens (including phenoxy) is 1. The van der Waals surface area contributed by atoms with E-state index in [0.717, 1.165) is 35.3 Å². The number of benzene rings is 2. The van der Waals surface area contributed by atoms with Crippen molar-refractivity contribution in [3.63, 3.8) is 0 Å². The summed E-state index contributed by atoms with van der Waals surface area (Å²) in [6, 6.07) is 13.5. The summed E-state index contributed by atoms with van der Waals surface area (Å²) in [5, 5.41) is 3.00. The van der Waals surface area contributed by atoms with E-state index in [-0.39, 0.29) is 17.7 Å². The second kappa shape index (κ2) is 8.91. The highest BCUT2D eigenvalue weighted by Crippen LogP contribution is 2.21. The number of nitrogens with one attached hydrogen (secondary N) is 1. The van der Waals surface area contributed by atoms with E-state index in [1.54, 1.807) is 7.11 Å². The van der Waals surface area contributed by atoms with Gasteiger partial charge in [-0.25, -0.2) is 0 Å². The fraction of sp³-hybridized carbons (Fsp3) is 0.391. The van der Waals surface area contributed by atoms with Gasteiger partial charge in [0.15, 0.2) is 0 Å². The van der Waals surface area contributed by atoms with Crippen LogP contribution in [0.2, 0.25) is 0 Å². The molecule has 0 radical (unpaired) electrons. The average molecular weight is 380 g/mol. The molecule has 1 N–H and O–H groups in total. The largest absolute Gasteiger partial charge is 0.496 e. The fourth-order valence-electron chi connectivity index (χ4n) is 3.83. The van der Waals surface area contributed by atoms with Crippen LogP contribution in [0.15, 0.2) is 42.5 Å². The van der Waals surface area contributed by atoms with E-state index in [1.165, 1.54) is 0 Å². The van der Waals surface area contributed by atoms with Gasteiger partial charge in [0.2, 0.25) is 5.91 Å². The highest BCUT2D eigenvalue weighted by atomic mass is 16.5. The van der Waals surface area contributed by atoms with Gasteiger partial charge in [0, 0.05) is 30.8 Å². The molecule has 0 aliphatic carbocycles. The van der Waals surface area contributed by atoms with Crippen LogP contribution in [0, 0.1) is 19.8 Å². The van der Waals surface area contributed by atoms with E-state index in [1.807, 2.05) is 55.1 Å². The Bertz CT molecular complexity index is 842. The zero-order chi connectivity index (χ0) is 20.1. The zero-order valence-corrected chi connectivity index (χ0v) is 16.8. The second-order valence-electron chi connectivity index (χ2n) is 7.50. The Morgan fingerprint density at radius 1 is 1.14 bits per heavy atom. The highest BCUT2D eigenvalue weighted by Gasteiger charge is 2.29. The molecule has 1 atom stereocenters. The summed E-state index contributed by atoms with van der Waals surface area (Å²) < 4.78 is 5.34. The molecular formula is C23H28N2O3. The first-order valence-corrected chi connectivity index (χ1v) is 9.75. The van der Waals surface area contributed by atoms with Gasteiger partial charge in [0.05, 0.1) is 13.0 Å². The predicted molar refractivity (Wildman–Crippen MR) is 109 cm³/mol. The SMILES string of the molecule is COc1ccccc1CNC(=O)[C@H]1CCCN(C(=O)c2cc(C)cc(C)c2)C1. The summed E-state index contributed by atoms with van der Waals surface area (Å²) in [4.78, 5) is 27.4. The van der Waals surface area contributed by atoms with Gasteiger partial charge in [-0.2, -0.15) is 0 Å². The number of methoxy groups -OCH3 is 1. The standard InChI is InChI=1S/C23H28N2O3/c1-16-11-17(2)13-20(12-16)23(27)25-10-6-8-19(15-25)22(26)24-14-18-7-4-5-9-21(18)28-3/h4-5,7,9,11-13,19H,6,8,10,14-15H2,1-3H3,(H,24,26)/t19-/m0/s1. The molecule has 2 amide bonds. The first kappa shape index (κ1) is 19.9. The molecule has 0 aromatic heterocycles. The molecule has 3 rings (SSSR count). The lowest BCUT2D eigenvalue weighted by Gasteiger charge is -2.32. The Balaban J connectivity index is 1.62. The summed E-state index contributed by atoms with van der Waals surface area (Å²) in [5.74, 6) is 0.578. The van der Waals surface area contributed by atoms with Gasteiger partial charge in [-0.15, -0.1) is 0 Å². The number of aryl methyl sites for hydroxylation is 2. The Labute approximate surface area is 166 Å². The summed E-state index contributed by atoms with van der Waals surface area (Å²) in [6.45, 7) is 5.57. The zero-order valence-electron chi connectivity index (χ0n) is 16.8. The van der Waals surface area contributed by atoms with Crippen LogP contribution in [-0.2, 0) is 11.3 Å². The maximum atomic E-state index is 12.9. The van der Waals surface area contributed by atoms with Crippen molar-refractivity contribution in [2.24, 2.45) is 5.92 Å². The number of para-hydroxylation sites is 1. The van der Waals surface area contributed by atoms with Gasteiger partial charge in [-0.05, 0) is 44.9 Å². The lowest BCUT2D eigenvalue weighted by molar-refractivity contribution is -0.126. The molecule has 1 aliphatic rings. The van der Waals surface area contributed by atoms with Crippen LogP contribution in [-0.4, -0.2) is 36.9 Å². The van der Waals surface area contributed by atoms with Crippen molar-refractivity contribution in [3.05, 3.63) is 64.7 Å². The van der Waals surface area contributed by atoms with Crippen molar-refractivity contribution in [2.45, 2.75) is 33.2 Å². The maximum Gasteiger partial charge on any atom is 0.253 e. The van der Waals surface area contributed by atoms with Crippen molar-refractivity contribution in [2.75, 3.05) is 20.2 Å². The van der Waals surface area contributed by atoms with Crippen molar-refractivity contribution in [1.29, 1.82) is 0 Å². The van der Waals surface area contributed by atoms with Crippen LogP contribution in [0.1, 0.15) is 39.9 Å². The van der Waals surface area contributed by atoms with Gasteiger partial charge < -0.3 is 15.0 Å². The molecule has 0 unspecified atom stereocenters. The molecule has 148 valence electrons. The lowest BCUT2D eigenvalue weighted by Crippen LogP contribution is -2.45. The summed E-state index contributed by atoms with van der Waals surface area (Å²) in [7, 11) is 1.62. The molecule has 1 aliphatic heterocycles. The Morgan fingerprint density at radius 2 is 1.86 bits per heavy atom. The highest BCUT2D eigenvalue weighted by molar-refractivity contribution is 5.95. The molecule has 5 heteroatoms. The third-order valence-corrected chi connectivity index (χ3v) is 5.19. The van der Waals surface area contributed by atoms with Crippen molar-refractivity contribution < 1.29 is 14.3 Å². The number of nitrogens with zero attached hydrogens (tertiary/aromatic N) is 1. The average Bonchev–Trinajstić information content (AvgIpc) is 2.71. The Hall–Kier alpha value is -2.82. The molecule has 0 saturated carbocycles. The van der Waals surface area contributed by atoms with E-state index < -0.39 is 0 Å². The van der Waals surface area contributed by atoms with Crippen LogP contribution >= 0.6 is 0 Å². The smallest absolute Gasteiger partial charge is 0.253 e. The third-order valence-electron chi connectivity index (χ3n) is 5.19. The molecule has 1 fully saturated rings. The number of carbonyl (C=O) groups excluding carboxylic acids is 2. The van der Waals surface area contributed by atoms with E-state index in [0.29, 0.717) is 25.2 Å². The third kappa shape index (κ3) is 4.71. The second-order valence-corrected chi connectivity index (χ2v) is 7.50. The number of hydrogen-bond acceptors (Lipinski definition) is 3. The van der Waals surface area contributed by atoms with Gasteiger partial charge in [-0.3, -0.25) is 9.59 Å². The lowest BCUT2D eigenvalue weighted by atomic mass is 9.96. The molecule has 2 aromatic carbocycles. The van der Waals surface area contributed by atoms with Crippen LogP contribution in [0.3, 0.4) is 0 Å². The van der Waals surface area contributed by atoms with E-state index in [4.69, 9.17) is 4.74 Å². The molecule has 2 aromatic rings. The molecule has 28 heavy (non-hydrogen) atoms.